The molecule has 0 atom stereocenters. The van der Waals surface area contributed by atoms with E-state index in [0.29, 0.717) is 44.8 Å². The van der Waals surface area contributed by atoms with Gasteiger partial charge in [0.05, 0.1) is 18.2 Å². The van der Waals surface area contributed by atoms with Crippen molar-refractivity contribution < 1.29 is 23.5 Å². The van der Waals surface area contributed by atoms with Gasteiger partial charge >= 0.3 is 0 Å². The van der Waals surface area contributed by atoms with E-state index in [0.717, 1.165) is 27.5 Å². The minimum Gasteiger partial charge on any atom is -0.497 e. The number of carbonyl (C=O) groups is 3. The Hall–Kier alpha value is -5.96. The molecule has 0 aliphatic carbocycles. The first-order chi connectivity index (χ1) is 21.2. The fourth-order valence-electron chi connectivity index (χ4n) is 5.32. The van der Waals surface area contributed by atoms with Crippen molar-refractivity contribution in [3.63, 3.8) is 0 Å². The van der Waals surface area contributed by atoms with Crippen molar-refractivity contribution in [3.8, 4) is 16.9 Å². The SMILES string of the molecule is COc1ccc(C(=O)Nc2ccc3c(c2)[nH]c2c(C(N)=O)ccc(-c4cccc(NC(=O)c5ccc(F)cc5)c4C)c23)cc1. The number of benzene rings is 5. The van der Waals surface area contributed by atoms with Crippen molar-refractivity contribution in [2.24, 2.45) is 5.73 Å². The summed E-state index contributed by atoms with van der Waals surface area (Å²) < 4.78 is 18.5. The van der Waals surface area contributed by atoms with Crippen LogP contribution in [-0.2, 0) is 0 Å². The van der Waals surface area contributed by atoms with Gasteiger partial charge in [-0.25, -0.2) is 4.39 Å². The molecule has 0 aliphatic heterocycles. The van der Waals surface area contributed by atoms with Crippen LogP contribution in [0, 0.1) is 12.7 Å². The molecule has 0 saturated heterocycles. The number of carbonyl (C=O) groups excluding carboxylic acids is 3. The fraction of sp³-hybridized carbons (Fsp3) is 0.0571. The van der Waals surface area contributed by atoms with Gasteiger partial charge in [0.15, 0.2) is 0 Å². The van der Waals surface area contributed by atoms with Gasteiger partial charge in [-0.2, -0.15) is 0 Å². The Balaban J connectivity index is 1.40. The summed E-state index contributed by atoms with van der Waals surface area (Å²) in [6.45, 7) is 1.89. The number of amides is 3. The van der Waals surface area contributed by atoms with Crippen LogP contribution in [0.5, 0.6) is 5.75 Å². The first-order valence-electron chi connectivity index (χ1n) is 13.7. The molecule has 44 heavy (non-hydrogen) atoms. The first kappa shape index (κ1) is 28.2. The minimum atomic E-state index is -0.585. The maximum Gasteiger partial charge on any atom is 0.255 e. The predicted octanol–water partition coefficient (Wildman–Crippen LogP) is 7.05. The van der Waals surface area contributed by atoms with E-state index in [4.69, 9.17) is 10.5 Å². The maximum absolute atomic E-state index is 13.4. The number of halogens is 1. The number of hydrogen-bond donors (Lipinski definition) is 4. The molecule has 218 valence electrons. The first-order valence-corrected chi connectivity index (χ1v) is 13.7. The molecule has 6 aromatic rings. The van der Waals surface area contributed by atoms with Gasteiger partial charge in [-0.05, 0) is 96.4 Å². The van der Waals surface area contributed by atoms with Crippen LogP contribution in [0.1, 0.15) is 36.6 Å². The standard InChI is InChI=1S/C35H27FN4O4/c1-19-25(4-3-5-29(19)40-35(43)20-6-10-22(36)11-7-20)26-16-17-28(33(37)41)32-31(26)27-15-12-23(18-30(27)39-32)38-34(42)21-8-13-24(44-2)14-9-21/h3-18,39H,1-2H3,(H2,37,41)(H,38,42)(H,40,43). The monoisotopic (exact) mass is 586 g/mol. The van der Waals surface area contributed by atoms with Crippen LogP contribution in [0.2, 0.25) is 0 Å². The summed E-state index contributed by atoms with van der Waals surface area (Å²) in [4.78, 5) is 41.5. The summed E-state index contributed by atoms with van der Waals surface area (Å²) >= 11 is 0. The number of aromatic amines is 1. The molecule has 5 N–H and O–H groups in total. The zero-order valence-electron chi connectivity index (χ0n) is 23.8. The summed E-state index contributed by atoms with van der Waals surface area (Å²) in [6, 6.07) is 26.7. The topological polar surface area (TPSA) is 126 Å². The number of fused-ring (bicyclic) bond motifs is 3. The molecule has 1 aromatic heterocycles. The molecule has 0 radical (unpaired) electrons. The fourth-order valence-corrected chi connectivity index (χ4v) is 5.32. The van der Waals surface area contributed by atoms with Gasteiger partial charge < -0.3 is 26.1 Å². The van der Waals surface area contributed by atoms with Crippen LogP contribution in [-0.4, -0.2) is 29.8 Å². The highest BCUT2D eigenvalue weighted by Crippen LogP contribution is 2.39. The molecule has 8 nitrogen and oxygen atoms in total. The average Bonchev–Trinajstić information content (AvgIpc) is 3.40. The number of hydrogen-bond acceptors (Lipinski definition) is 4. The smallest absolute Gasteiger partial charge is 0.255 e. The van der Waals surface area contributed by atoms with Crippen LogP contribution in [0.3, 0.4) is 0 Å². The Bertz CT molecular complexity index is 2080. The Morgan fingerprint density at radius 1 is 0.795 bits per heavy atom. The second kappa shape index (κ2) is 11.4. The lowest BCUT2D eigenvalue weighted by Crippen LogP contribution is -2.13. The number of nitrogens with one attached hydrogen (secondary N) is 3. The largest absolute Gasteiger partial charge is 0.497 e. The minimum absolute atomic E-state index is 0.281. The van der Waals surface area contributed by atoms with Crippen LogP contribution in [0.15, 0.2) is 97.1 Å². The number of ether oxygens (including phenoxy) is 1. The summed E-state index contributed by atoms with van der Waals surface area (Å²) in [5.41, 5.74) is 11.7. The van der Waals surface area contributed by atoms with Gasteiger partial charge in [-0.1, -0.05) is 24.3 Å². The van der Waals surface area contributed by atoms with Crippen molar-refractivity contribution in [3.05, 3.63) is 125 Å². The normalized spacial score (nSPS) is 11.0. The third-order valence-electron chi connectivity index (χ3n) is 7.61. The average molecular weight is 587 g/mol. The Labute approximate surface area is 251 Å². The molecule has 5 aromatic carbocycles. The summed E-state index contributed by atoms with van der Waals surface area (Å²) in [6.07, 6.45) is 0. The van der Waals surface area contributed by atoms with Crippen molar-refractivity contribution in [2.45, 2.75) is 6.92 Å². The third-order valence-corrected chi connectivity index (χ3v) is 7.61. The Morgan fingerprint density at radius 2 is 1.48 bits per heavy atom. The van der Waals surface area contributed by atoms with Crippen LogP contribution in [0.25, 0.3) is 32.9 Å². The van der Waals surface area contributed by atoms with Gasteiger partial charge in [-0.3, -0.25) is 14.4 Å². The number of rotatable bonds is 7. The maximum atomic E-state index is 13.4. The second-order valence-electron chi connectivity index (χ2n) is 10.3. The molecular formula is C35H27FN4O4. The quantitative estimate of drug-likeness (QED) is 0.160. The Kier molecular flexibility index (Phi) is 7.28. The molecule has 3 amide bonds. The van der Waals surface area contributed by atoms with Crippen LogP contribution in [0.4, 0.5) is 15.8 Å². The number of primary amides is 1. The van der Waals surface area contributed by atoms with E-state index in [2.05, 4.69) is 15.6 Å². The van der Waals surface area contributed by atoms with Crippen LogP contribution < -0.4 is 21.1 Å². The highest BCUT2D eigenvalue weighted by Gasteiger charge is 2.19. The number of anilines is 2. The van der Waals surface area contributed by atoms with Crippen molar-refractivity contribution in [1.29, 1.82) is 0 Å². The van der Waals surface area contributed by atoms with E-state index in [1.54, 1.807) is 55.6 Å². The molecule has 1 heterocycles. The lowest BCUT2D eigenvalue weighted by Gasteiger charge is -2.15. The summed E-state index contributed by atoms with van der Waals surface area (Å²) in [5.74, 6) is -1.00. The second-order valence-corrected chi connectivity index (χ2v) is 10.3. The predicted molar refractivity (Wildman–Crippen MR) is 170 cm³/mol. The number of H-pyrrole nitrogens is 1. The summed E-state index contributed by atoms with van der Waals surface area (Å²) in [7, 11) is 1.56. The number of methoxy groups -OCH3 is 1. The van der Waals surface area contributed by atoms with E-state index >= 15 is 0 Å². The van der Waals surface area contributed by atoms with Crippen molar-refractivity contribution in [1.82, 2.24) is 4.98 Å². The molecule has 0 unspecified atom stereocenters. The lowest BCUT2D eigenvalue weighted by atomic mass is 9.93. The zero-order chi connectivity index (χ0) is 31.0. The van der Waals surface area contributed by atoms with Gasteiger partial charge in [0.2, 0.25) is 0 Å². The highest BCUT2D eigenvalue weighted by molar-refractivity contribution is 6.20. The molecule has 0 saturated carbocycles. The van der Waals surface area contributed by atoms with Crippen molar-refractivity contribution >= 4 is 50.9 Å². The molecule has 9 heteroatoms. The lowest BCUT2D eigenvalue weighted by molar-refractivity contribution is 0.0997. The van der Waals surface area contributed by atoms with E-state index in [1.165, 1.54) is 24.3 Å². The molecule has 0 fully saturated rings. The van der Waals surface area contributed by atoms with E-state index < -0.39 is 11.7 Å². The number of aromatic nitrogens is 1. The molecule has 0 aliphatic rings. The van der Waals surface area contributed by atoms with Crippen LogP contribution >= 0.6 is 0 Å². The Morgan fingerprint density at radius 3 is 2.16 bits per heavy atom. The van der Waals surface area contributed by atoms with Gasteiger partial charge in [0, 0.05) is 38.8 Å². The number of nitrogens with two attached hydrogens (primary N) is 1. The molecular weight excluding hydrogens is 559 g/mol. The molecule has 0 spiro atoms. The third kappa shape index (κ3) is 5.22. The highest BCUT2D eigenvalue weighted by atomic mass is 19.1. The molecule has 0 bridgehead atoms. The van der Waals surface area contributed by atoms with Gasteiger partial charge in [0.25, 0.3) is 17.7 Å². The zero-order valence-corrected chi connectivity index (χ0v) is 23.8. The summed E-state index contributed by atoms with van der Waals surface area (Å²) in [5, 5.41) is 7.43. The van der Waals surface area contributed by atoms with Gasteiger partial charge in [-0.15, -0.1) is 0 Å². The van der Waals surface area contributed by atoms with E-state index in [-0.39, 0.29) is 11.8 Å². The van der Waals surface area contributed by atoms with E-state index in [9.17, 15) is 18.8 Å². The van der Waals surface area contributed by atoms with E-state index in [1.807, 2.05) is 31.2 Å². The van der Waals surface area contributed by atoms with Gasteiger partial charge in [0.1, 0.15) is 11.6 Å². The van der Waals surface area contributed by atoms with Crippen molar-refractivity contribution in [2.75, 3.05) is 17.7 Å². The molecule has 6 rings (SSSR count).